The fourth-order valence-electron chi connectivity index (χ4n) is 2.69. The molecule has 0 radical (unpaired) electrons. The van der Waals surface area contributed by atoms with Crippen molar-refractivity contribution in [2.45, 2.75) is 37.9 Å². The number of aliphatic imine (C=N–C) groups is 1. The predicted molar refractivity (Wildman–Crippen MR) is 82.5 cm³/mol. The molecule has 1 heterocycles. The second-order valence-corrected chi connectivity index (χ2v) is 6.20. The molecule has 5 nitrogen and oxygen atoms in total. The van der Waals surface area contributed by atoms with Gasteiger partial charge in [0, 0.05) is 5.69 Å². The van der Waals surface area contributed by atoms with Crippen LogP contribution in [0.25, 0.3) is 0 Å². The van der Waals surface area contributed by atoms with Crippen molar-refractivity contribution in [3.8, 4) is 0 Å². The van der Waals surface area contributed by atoms with Crippen LogP contribution in [0.3, 0.4) is 0 Å². The third kappa shape index (κ3) is 3.32. The van der Waals surface area contributed by atoms with Crippen molar-refractivity contribution in [3.05, 3.63) is 29.8 Å². The first-order chi connectivity index (χ1) is 11.3. The lowest BCUT2D eigenvalue weighted by Gasteiger charge is -2.18. The number of hydrogen-bond acceptors (Lipinski definition) is 4. The van der Waals surface area contributed by atoms with Crippen LogP contribution >= 0.6 is 0 Å². The topological polar surface area (TPSA) is 76.7 Å². The number of benzene rings is 1. The van der Waals surface area contributed by atoms with Crippen molar-refractivity contribution >= 4 is 17.6 Å². The molecule has 0 bridgehead atoms. The van der Waals surface area contributed by atoms with E-state index < -0.39 is 17.5 Å². The van der Waals surface area contributed by atoms with E-state index in [1.807, 2.05) is 0 Å². The number of aryl methyl sites for hydroxylation is 1. The van der Waals surface area contributed by atoms with Crippen molar-refractivity contribution in [1.82, 2.24) is 0 Å². The molecule has 130 valence electrons. The number of rotatable bonds is 5. The largest absolute Gasteiger partial charge is 0.463 e. The Morgan fingerprint density at radius 2 is 2.00 bits per heavy atom. The molecule has 1 aromatic rings. The molecule has 1 saturated carbocycles. The summed E-state index contributed by atoms with van der Waals surface area (Å²) in [5, 5.41) is 2.36. The van der Waals surface area contributed by atoms with Gasteiger partial charge < -0.3 is 15.8 Å². The molecule has 3 N–H and O–H groups in total. The maximum atomic E-state index is 12.9. The smallest absolute Gasteiger partial charge is 0.403 e. The molecule has 2 aliphatic rings. The van der Waals surface area contributed by atoms with Crippen molar-refractivity contribution in [2.75, 3.05) is 11.9 Å². The Balaban J connectivity index is 1.54. The second kappa shape index (κ2) is 5.99. The summed E-state index contributed by atoms with van der Waals surface area (Å²) in [5.74, 6) is -0.976. The Kier molecular flexibility index (Phi) is 4.15. The summed E-state index contributed by atoms with van der Waals surface area (Å²) in [6.07, 6.45) is -3.28. The number of nitrogens with two attached hydrogens (primary N) is 1. The van der Waals surface area contributed by atoms with E-state index in [0.29, 0.717) is 12.3 Å². The Morgan fingerprint density at radius 3 is 2.50 bits per heavy atom. The highest BCUT2D eigenvalue weighted by molar-refractivity contribution is 5.97. The molecule has 1 aromatic carbocycles. The van der Waals surface area contributed by atoms with Gasteiger partial charge in [-0.1, -0.05) is 12.1 Å². The van der Waals surface area contributed by atoms with E-state index in [2.05, 4.69) is 10.3 Å². The summed E-state index contributed by atoms with van der Waals surface area (Å²) >= 11 is 0. The minimum atomic E-state index is -4.50. The van der Waals surface area contributed by atoms with E-state index in [1.54, 1.807) is 24.3 Å². The number of amidine groups is 1. The SMILES string of the molecule is NC1=N[C@@H](CCc2ccc(NC(=O)C3(C(F)(F)F)CC3)cc2)CO1. The van der Waals surface area contributed by atoms with Gasteiger partial charge in [-0.2, -0.15) is 13.2 Å². The molecule has 1 fully saturated rings. The van der Waals surface area contributed by atoms with E-state index in [-0.39, 0.29) is 24.9 Å². The molecular formula is C16H18F3N3O2. The monoisotopic (exact) mass is 341 g/mol. The van der Waals surface area contributed by atoms with Crippen LogP contribution in [-0.4, -0.2) is 30.8 Å². The van der Waals surface area contributed by atoms with Crippen LogP contribution in [0.5, 0.6) is 0 Å². The lowest BCUT2D eigenvalue weighted by Crippen LogP contribution is -2.36. The summed E-state index contributed by atoms with van der Waals surface area (Å²) in [7, 11) is 0. The number of alkyl halides is 3. The van der Waals surface area contributed by atoms with Gasteiger partial charge in [-0.25, -0.2) is 4.99 Å². The lowest BCUT2D eigenvalue weighted by atomic mass is 10.0. The summed E-state index contributed by atoms with van der Waals surface area (Å²) < 4.78 is 43.8. The number of carbonyl (C=O) groups is 1. The minimum Gasteiger partial charge on any atom is -0.463 e. The summed E-state index contributed by atoms with van der Waals surface area (Å²) in [4.78, 5) is 16.0. The van der Waals surface area contributed by atoms with Crippen LogP contribution in [0.1, 0.15) is 24.8 Å². The van der Waals surface area contributed by atoms with Gasteiger partial charge in [0.15, 0.2) is 0 Å². The van der Waals surface area contributed by atoms with E-state index >= 15 is 0 Å². The normalized spacial score (nSPS) is 21.8. The molecule has 0 saturated heterocycles. The molecule has 1 aliphatic heterocycles. The van der Waals surface area contributed by atoms with E-state index in [4.69, 9.17) is 10.5 Å². The van der Waals surface area contributed by atoms with Crippen LogP contribution < -0.4 is 11.1 Å². The van der Waals surface area contributed by atoms with Gasteiger partial charge in [0.1, 0.15) is 12.0 Å². The number of anilines is 1. The Morgan fingerprint density at radius 1 is 1.33 bits per heavy atom. The van der Waals surface area contributed by atoms with Gasteiger partial charge in [-0.3, -0.25) is 4.79 Å². The number of nitrogens with zero attached hydrogens (tertiary/aromatic N) is 1. The zero-order chi connectivity index (χ0) is 17.4. The van der Waals surface area contributed by atoms with Crippen molar-refractivity contribution < 1.29 is 22.7 Å². The average Bonchev–Trinajstić information content (AvgIpc) is 3.25. The molecule has 3 rings (SSSR count). The fourth-order valence-corrected chi connectivity index (χ4v) is 2.69. The van der Waals surface area contributed by atoms with Crippen LogP contribution in [0, 0.1) is 5.41 Å². The van der Waals surface area contributed by atoms with Gasteiger partial charge in [0.05, 0.1) is 6.04 Å². The number of carbonyl (C=O) groups excluding carboxylic acids is 1. The second-order valence-electron chi connectivity index (χ2n) is 6.20. The van der Waals surface area contributed by atoms with E-state index in [1.165, 1.54) is 0 Å². The van der Waals surface area contributed by atoms with E-state index in [9.17, 15) is 18.0 Å². The summed E-state index contributed by atoms with van der Waals surface area (Å²) in [5.41, 5.74) is 4.61. The third-order valence-electron chi connectivity index (χ3n) is 4.44. The highest BCUT2D eigenvalue weighted by Crippen LogP contribution is 2.58. The number of ether oxygens (including phenoxy) is 1. The molecule has 1 amide bonds. The van der Waals surface area contributed by atoms with Crippen molar-refractivity contribution in [2.24, 2.45) is 16.1 Å². The number of halogens is 3. The molecule has 24 heavy (non-hydrogen) atoms. The summed E-state index contributed by atoms with van der Waals surface area (Å²) in [6.45, 7) is 0.472. The molecule has 0 aromatic heterocycles. The highest BCUT2D eigenvalue weighted by Gasteiger charge is 2.68. The Bertz CT molecular complexity index is 652. The van der Waals surface area contributed by atoms with Gasteiger partial charge >= 0.3 is 6.18 Å². The Labute approximate surface area is 137 Å². The Hall–Kier alpha value is -2.25. The average molecular weight is 341 g/mol. The van der Waals surface area contributed by atoms with Crippen LogP contribution in [0.4, 0.5) is 18.9 Å². The van der Waals surface area contributed by atoms with Gasteiger partial charge in [-0.15, -0.1) is 0 Å². The highest BCUT2D eigenvalue weighted by atomic mass is 19.4. The summed E-state index contributed by atoms with van der Waals surface area (Å²) in [6, 6.07) is 7.03. The van der Waals surface area contributed by atoms with Crippen LogP contribution in [0.2, 0.25) is 0 Å². The number of hydrogen-bond donors (Lipinski definition) is 2. The molecule has 0 unspecified atom stereocenters. The van der Waals surface area contributed by atoms with Crippen LogP contribution in [0.15, 0.2) is 29.3 Å². The standard InChI is InChI=1S/C16H18F3N3O2/c17-16(18,19)15(7-8-15)13(23)21-11-4-1-10(2-5-11)3-6-12-9-24-14(20)22-12/h1-2,4-5,12H,3,6-9H2,(H2,20,22)(H,21,23)/t12-/m0/s1. The first kappa shape index (κ1) is 16.6. The van der Waals surface area contributed by atoms with Gasteiger partial charge in [-0.05, 0) is 43.4 Å². The number of amides is 1. The van der Waals surface area contributed by atoms with Gasteiger partial charge in [0.2, 0.25) is 5.91 Å². The molecule has 8 heteroatoms. The minimum absolute atomic E-state index is 0.0332. The molecule has 0 spiro atoms. The molecule has 1 aliphatic carbocycles. The van der Waals surface area contributed by atoms with Crippen LogP contribution in [-0.2, 0) is 16.0 Å². The van der Waals surface area contributed by atoms with E-state index in [0.717, 1.165) is 18.4 Å². The lowest BCUT2D eigenvalue weighted by molar-refractivity contribution is -0.189. The number of nitrogens with one attached hydrogen (secondary N) is 1. The quantitative estimate of drug-likeness (QED) is 0.864. The van der Waals surface area contributed by atoms with Gasteiger partial charge in [0.25, 0.3) is 6.02 Å². The maximum Gasteiger partial charge on any atom is 0.403 e. The first-order valence-electron chi connectivity index (χ1n) is 7.73. The molecule has 1 atom stereocenters. The maximum absolute atomic E-state index is 12.9. The zero-order valence-corrected chi connectivity index (χ0v) is 12.9. The fraction of sp³-hybridized carbons (Fsp3) is 0.500. The molecular weight excluding hydrogens is 323 g/mol. The zero-order valence-electron chi connectivity index (χ0n) is 12.9. The van der Waals surface area contributed by atoms with Crippen molar-refractivity contribution in [3.63, 3.8) is 0 Å². The first-order valence-corrected chi connectivity index (χ1v) is 7.73. The predicted octanol–water partition coefficient (Wildman–Crippen LogP) is 2.61. The van der Waals surface area contributed by atoms with Crippen molar-refractivity contribution in [1.29, 1.82) is 0 Å². The third-order valence-corrected chi connectivity index (χ3v) is 4.44.